The lowest BCUT2D eigenvalue weighted by molar-refractivity contribution is 0.0543. The lowest BCUT2D eigenvalue weighted by Crippen LogP contribution is -2.26. The molecule has 0 atom stereocenters. The van der Waals surface area contributed by atoms with Gasteiger partial charge in [0, 0.05) is 11.6 Å². The summed E-state index contributed by atoms with van der Waals surface area (Å²) < 4.78 is 19.7. The van der Waals surface area contributed by atoms with Gasteiger partial charge in [0.05, 0.1) is 6.20 Å². The van der Waals surface area contributed by atoms with E-state index < -0.39 is 17.5 Å². The van der Waals surface area contributed by atoms with Crippen molar-refractivity contribution < 1.29 is 13.9 Å². The van der Waals surface area contributed by atoms with Crippen molar-refractivity contribution in [2.24, 2.45) is 0 Å². The van der Waals surface area contributed by atoms with Crippen LogP contribution in [0.5, 0.6) is 0 Å². The molecule has 2 rings (SSSR count). The number of ether oxygens (including phenoxy) is 1. The Balaban J connectivity index is 0.000000956. The highest BCUT2D eigenvalue weighted by atomic mass is 19.1. The molecule has 0 aliphatic heterocycles. The minimum absolute atomic E-state index is 0.406. The number of carbonyl (C=O) groups is 1. The fourth-order valence-electron chi connectivity index (χ4n) is 1.69. The average Bonchev–Trinajstić information content (AvgIpc) is 2.67. The lowest BCUT2D eigenvalue weighted by atomic mass is 10.2. The Kier molecular flexibility index (Phi) is 4.87. The number of aromatic nitrogens is 2. The zero-order chi connectivity index (χ0) is 15.5. The lowest BCUT2D eigenvalue weighted by Gasteiger charge is -2.19. The van der Waals surface area contributed by atoms with Crippen molar-refractivity contribution in [1.82, 2.24) is 9.55 Å². The second-order valence-electron chi connectivity index (χ2n) is 5.19. The summed E-state index contributed by atoms with van der Waals surface area (Å²) in [4.78, 5) is 15.9. The van der Waals surface area contributed by atoms with Crippen LogP contribution in [0.15, 0.2) is 18.5 Å². The topological polar surface area (TPSA) is 44.1 Å². The Morgan fingerprint density at radius 1 is 1.35 bits per heavy atom. The predicted molar refractivity (Wildman–Crippen MR) is 77.4 cm³/mol. The molecule has 0 amide bonds. The summed E-state index contributed by atoms with van der Waals surface area (Å²) in [6.45, 7) is 11.2. The van der Waals surface area contributed by atoms with Crippen LogP contribution in [-0.4, -0.2) is 21.2 Å². The SMILES string of the molecule is CC.Cc1cn(C(=O)OC(C)(C)C)c2ncc(F)cc12. The van der Waals surface area contributed by atoms with Crippen LogP contribution in [0.3, 0.4) is 0 Å². The van der Waals surface area contributed by atoms with Crippen molar-refractivity contribution in [2.45, 2.75) is 47.1 Å². The van der Waals surface area contributed by atoms with E-state index in [2.05, 4.69) is 4.98 Å². The first-order valence-corrected chi connectivity index (χ1v) is 6.64. The Labute approximate surface area is 118 Å². The van der Waals surface area contributed by atoms with Gasteiger partial charge in [-0.1, -0.05) is 13.8 Å². The maximum absolute atomic E-state index is 13.1. The molecule has 2 aromatic heterocycles. The summed E-state index contributed by atoms with van der Waals surface area (Å²) in [6, 6.07) is 1.36. The number of aryl methyl sites for hydroxylation is 1. The molecule has 0 spiro atoms. The van der Waals surface area contributed by atoms with Gasteiger partial charge in [0.25, 0.3) is 0 Å². The summed E-state index contributed by atoms with van der Waals surface area (Å²) in [5.41, 5.74) is 0.604. The molecule has 0 aliphatic carbocycles. The number of fused-ring (bicyclic) bond motifs is 1. The highest BCUT2D eigenvalue weighted by molar-refractivity contribution is 5.89. The van der Waals surface area contributed by atoms with E-state index in [1.54, 1.807) is 33.9 Å². The molecule has 2 heterocycles. The monoisotopic (exact) mass is 280 g/mol. The van der Waals surface area contributed by atoms with E-state index in [9.17, 15) is 9.18 Å². The van der Waals surface area contributed by atoms with Gasteiger partial charge in [-0.3, -0.25) is 0 Å². The zero-order valence-corrected chi connectivity index (χ0v) is 12.8. The Hall–Kier alpha value is -1.91. The standard InChI is InChI=1S/C13H15FN2O2.C2H6/c1-8-7-16(12(17)18-13(2,3)4)11-10(8)5-9(14)6-15-11;1-2/h5-7H,1-4H3;1-2H3. The third-order valence-electron chi connectivity index (χ3n) is 2.40. The van der Waals surface area contributed by atoms with E-state index >= 15 is 0 Å². The van der Waals surface area contributed by atoms with Gasteiger partial charge >= 0.3 is 6.09 Å². The van der Waals surface area contributed by atoms with Crippen LogP contribution in [0.2, 0.25) is 0 Å². The third kappa shape index (κ3) is 3.56. The number of carbonyl (C=O) groups excluding carboxylic acids is 1. The van der Waals surface area contributed by atoms with Gasteiger partial charge in [-0.2, -0.15) is 0 Å². The fourth-order valence-corrected chi connectivity index (χ4v) is 1.69. The Morgan fingerprint density at radius 3 is 2.50 bits per heavy atom. The largest absolute Gasteiger partial charge is 0.443 e. The van der Waals surface area contributed by atoms with Gasteiger partial charge in [-0.15, -0.1) is 0 Å². The van der Waals surface area contributed by atoms with Gasteiger partial charge in [0.15, 0.2) is 0 Å². The highest BCUT2D eigenvalue weighted by Crippen LogP contribution is 2.21. The van der Waals surface area contributed by atoms with Gasteiger partial charge in [-0.25, -0.2) is 18.7 Å². The van der Waals surface area contributed by atoms with Gasteiger partial charge in [0.2, 0.25) is 0 Å². The fraction of sp³-hybridized carbons (Fsp3) is 0.467. The highest BCUT2D eigenvalue weighted by Gasteiger charge is 2.20. The molecular formula is C15H21FN2O2. The van der Waals surface area contributed by atoms with Crippen LogP contribution in [-0.2, 0) is 4.74 Å². The van der Waals surface area contributed by atoms with E-state index in [4.69, 9.17) is 4.74 Å². The molecule has 0 aliphatic rings. The van der Waals surface area contributed by atoms with Crippen molar-refractivity contribution in [3.8, 4) is 0 Å². The second kappa shape index (κ2) is 6.03. The Morgan fingerprint density at radius 2 is 1.95 bits per heavy atom. The molecule has 0 saturated carbocycles. The first-order chi connectivity index (χ1) is 9.28. The van der Waals surface area contributed by atoms with E-state index in [0.717, 1.165) is 11.8 Å². The molecule has 0 bridgehead atoms. The molecule has 0 N–H and O–H groups in total. The normalized spacial score (nSPS) is 10.9. The number of hydrogen-bond donors (Lipinski definition) is 0. The molecule has 4 nitrogen and oxygen atoms in total. The van der Waals surface area contributed by atoms with Crippen molar-refractivity contribution in [3.63, 3.8) is 0 Å². The van der Waals surface area contributed by atoms with E-state index in [0.29, 0.717) is 11.0 Å². The van der Waals surface area contributed by atoms with E-state index in [1.165, 1.54) is 10.6 Å². The summed E-state index contributed by atoms with van der Waals surface area (Å²) in [5, 5.41) is 0.612. The Bertz CT molecular complexity index is 612. The van der Waals surface area contributed by atoms with Crippen LogP contribution >= 0.6 is 0 Å². The molecule has 2 aromatic rings. The van der Waals surface area contributed by atoms with Crippen LogP contribution in [0.4, 0.5) is 9.18 Å². The van der Waals surface area contributed by atoms with Crippen LogP contribution in [0.1, 0.15) is 40.2 Å². The smallest absolute Gasteiger partial charge is 0.420 e. The molecule has 0 saturated heterocycles. The zero-order valence-electron chi connectivity index (χ0n) is 12.8. The van der Waals surface area contributed by atoms with Gasteiger partial charge in [-0.05, 0) is 39.3 Å². The molecule has 0 fully saturated rings. The quantitative estimate of drug-likeness (QED) is 0.723. The van der Waals surface area contributed by atoms with Crippen molar-refractivity contribution in [3.05, 3.63) is 29.8 Å². The van der Waals surface area contributed by atoms with Crippen molar-refractivity contribution >= 4 is 17.1 Å². The van der Waals surface area contributed by atoms with Gasteiger partial charge in [0.1, 0.15) is 17.1 Å². The number of rotatable bonds is 0. The first-order valence-electron chi connectivity index (χ1n) is 6.64. The predicted octanol–water partition coefficient (Wildman–Crippen LogP) is 4.29. The van der Waals surface area contributed by atoms with Crippen LogP contribution < -0.4 is 0 Å². The van der Waals surface area contributed by atoms with Crippen molar-refractivity contribution in [1.29, 1.82) is 0 Å². The summed E-state index contributed by atoms with van der Waals surface area (Å²) >= 11 is 0. The van der Waals surface area contributed by atoms with Crippen LogP contribution in [0, 0.1) is 12.7 Å². The molecule has 0 aromatic carbocycles. The van der Waals surface area contributed by atoms with Crippen molar-refractivity contribution in [2.75, 3.05) is 0 Å². The van der Waals surface area contributed by atoms with E-state index in [1.807, 2.05) is 13.8 Å². The van der Waals surface area contributed by atoms with E-state index in [-0.39, 0.29) is 0 Å². The summed E-state index contributed by atoms with van der Waals surface area (Å²) in [7, 11) is 0. The molecular weight excluding hydrogens is 259 g/mol. The first kappa shape index (κ1) is 16.1. The second-order valence-corrected chi connectivity index (χ2v) is 5.19. The number of hydrogen-bond acceptors (Lipinski definition) is 3. The van der Waals surface area contributed by atoms with Crippen LogP contribution in [0.25, 0.3) is 11.0 Å². The number of halogens is 1. The number of pyridine rings is 1. The maximum atomic E-state index is 13.1. The van der Waals surface area contributed by atoms with Gasteiger partial charge < -0.3 is 4.74 Å². The molecule has 5 heteroatoms. The molecule has 20 heavy (non-hydrogen) atoms. The average molecular weight is 280 g/mol. The minimum Gasteiger partial charge on any atom is -0.443 e. The summed E-state index contributed by atoms with van der Waals surface area (Å²) in [6.07, 6.45) is 2.17. The molecule has 0 radical (unpaired) electrons. The molecule has 110 valence electrons. The maximum Gasteiger partial charge on any atom is 0.420 e. The number of nitrogens with zero attached hydrogens (tertiary/aromatic N) is 2. The summed E-state index contributed by atoms with van der Waals surface area (Å²) in [5.74, 6) is -0.424. The minimum atomic E-state index is -0.582. The molecule has 0 unspecified atom stereocenters. The third-order valence-corrected chi connectivity index (χ3v) is 2.40.